The number of aromatic nitrogens is 1. The van der Waals surface area contributed by atoms with E-state index in [9.17, 15) is 4.79 Å². The maximum absolute atomic E-state index is 11.0. The average molecular weight is 205 g/mol. The van der Waals surface area contributed by atoms with Crippen molar-refractivity contribution in [1.29, 1.82) is 0 Å². The molecule has 0 aromatic carbocycles. The molecule has 1 aromatic heterocycles. The molecule has 3 N–H and O–H groups in total. The number of anilines is 1. The predicted molar refractivity (Wildman–Crippen MR) is 56.6 cm³/mol. The van der Waals surface area contributed by atoms with E-state index >= 15 is 0 Å². The molecule has 6 nitrogen and oxygen atoms in total. The van der Waals surface area contributed by atoms with Crippen LogP contribution < -0.4 is 16.2 Å². The molecule has 0 fully saturated rings. The van der Waals surface area contributed by atoms with Crippen molar-refractivity contribution in [1.82, 2.24) is 10.4 Å². The molecule has 0 saturated heterocycles. The van der Waals surface area contributed by atoms with Crippen LogP contribution in [0.2, 0.25) is 0 Å². The Balaban J connectivity index is 2.24. The fourth-order valence-corrected chi connectivity index (χ4v) is 1.31. The number of pyridine rings is 1. The van der Waals surface area contributed by atoms with E-state index in [0.29, 0.717) is 12.1 Å². The topological polar surface area (TPSA) is 83.6 Å². The third-order valence-electron chi connectivity index (χ3n) is 2.08. The number of carbonyl (C=O) groups excluding carboxylic acids is 1. The standard InChI is InChI=1S/C9H11N5O/c10-9(15)7-3-8(5-12-4-7)14-2-1-11-6-13-14/h3-6H,1-2H2,(H2,10,15)(H,11,13). The molecule has 78 valence electrons. The van der Waals surface area contributed by atoms with Gasteiger partial charge in [0.05, 0.1) is 30.5 Å². The number of rotatable bonds is 2. The first kappa shape index (κ1) is 9.45. The minimum atomic E-state index is -0.477. The summed E-state index contributed by atoms with van der Waals surface area (Å²) in [6, 6.07) is 1.70. The summed E-state index contributed by atoms with van der Waals surface area (Å²) in [6.07, 6.45) is 4.73. The van der Waals surface area contributed by atoms with Crippen molar-refractivity contribution >= 4 is 17.9 Å². The van der Waals surface area contributed by atoms with Crippen LogP contribution in [0.5, 0.6) is 0 Å². The SMILES string of the molecule is NC(=O)c1cncc(N2CCN=CN2)c1. The minimum absolute atomic E-state index is 0.400. The molecule has 2 rings (SSSR count). The van der Waals surface area contributed by atoms with Crippen LogP contribution in [0.25, 0.3) is 0 Å². The van der Waals surface area contributed by atoms with Gasteiger partial charge in [0.2, 0.25) is 5.91 Å². The Labute approximate surface area is 86.8 Å². The van der Waals surface area contributed by atoms with E-state index in [1.807, 2.05) is 5.01 Å². The van der Waals surface area contributed by atoms with Crippen LogP contribution in [0.15, 0.2) is 23.5 Å². The molecule has 0 atom stereocenters. The molecule has 15 heavy (non-hydrogen) atoms. The second kappa shape index (κ2) is 3.95. The Morgan fingerprint density at radius 2 is 2.40 bits per heavy atom. The van der Waals surface area contributed by atoms with Crippen LogP contribution in [-0.2, 0) is 0 Å². The number of primary amides is 1. The molecule has 0 bridgehead atoms. The number of amides is 1. The molecule has 1 aliphatic rings. The van der Waals surface area contributed by atoms with Crippen molar-refractivity contribution in [2.75, 3.05) is 18.1 Å². The fourth-order valence-electron chi connectivity index (χ4n) is 1.31. The quantitative estimate of drug-likeness (QED) is 0.684. The first-order valence-corrected chi connectivity index (χ1v) is 4.54. The number of hydrazine groups is 1. The number of hydrogen-bond donors (Lipinski definition) is 2. The summed E-state index contributed by atoms with van der Waals surface area (Å²) in [4.78, 5) is 18.9. The highest BCUT2D eigenvalue weighted by Crippen LogP contribution is 2.12. The van der Waals surface area contributed by atoms with Gasteiger partial charge in [0.1, 0.15) is 6.34 Å². The van der Waals surface area contributed by atoms with Gasteiger partial charge in [-0.2, -0.15) is 0 Å². The van der Waals surface area contributed by atoms with Gasteiger partial charge >= 0.3 is 0 Å². The number of aliphatic imine (C=N–C) groups is 1. The van der Waals surface area contributed by atoms with E-state index in [1.54, 1.807) is 18.6 Å². The molecule has 0 radical (unpaired) electrons. The molecule has 0 aliphatic carbocycles. The summed E-state index contributed by atoms with van der Waals surface area (Å²) in [5, 5.41) is 1.85. The summed E-state index contributed by atoms with van der Waals surface area (Å²) >= 11 is 0. The highest BCUT2D eigenvalue weighted by atomic mass is 16.1. The molecule has 6 heteroatoms. The van der Waals surface area contributed by atoms with E-state index in [4.69, 9.17) is 5.73 Å². The lowest BCUT2D eigenvalue weighted by Crippen LogP contribution is -2.42. The van der Waals surface area contributed by atoms with Gasteiger partial charge in [0.25, 0.3) is 0 Å². The van der Waals surface area contributed by atoms with Gasteiger partial charge in [-0.25, -0.2) is 0 Å². The second-order valence-electron chi connectivity index (χ2n) is 3.11. The van der Waals surface area contributed by atoms with Crippen molar-refractivity contribution < 1.29 is 4.79 Å². The van der Waals surface area contributed by atoms with Crippen molar-refractivity contribution in [2.45, 2.75) is 0 Å². The molecule has 1 amide bonds. The Kier molecular flexibility index (Phi) is 2.49. The Morgan fingerprint density at radius 1 is 1.53 bits per heavy atom. The van der Waals surface area contributed by atoms with Gasteiger partial charge in [0.15, 0.2) is 0 Å². The van der Waals surface area contributed by atoms with E-state index in [-0.39, 0.29) is 0 Å². The van der Waals surface area contributed by atoms with Crippen LogP contribution in [0.4, 0.5) is 5.69 Å². The van der Waals surface area contributed by atoms with E-state index in [2.05, 4.69) is 15.4 Å². The molecular formula is C9H11N5O. The first-order valence-electron chi connectivity index (χ1n) is 4.54. The van der Waals surface area contributed by atoms with Crippen molar-refractivity contribution in [3.8, 4) is 0 Å². The Bertz CT molecular complexity index is 403. The van der Waals surface area contributed by atoms with Crippen LogP contribution >= 0.6 is 0 Å². The molecular weight excluding hydrogens is 194 g/mol. The third kappa shape index (κ3) is 2.04. The molecule has 1 aliphatic heterocycles. The van der Waals surface area contributed by atoms with E-state index in [1.165, 1.54) is 6.20 Å². The van der Waals surface area contributed by atoms with Crippen molar-refractivity contribution in [3.05, 3.63) is 24.0 Å². The maximum atomic E-state index is 11.0. The summed E-state index contributed by atoms with van der Waals surface area (Å²) in [5.74, 6) is -0.477. The minimum Gasteiger partial charge on any atom is -0.366 e. The lowest BCUT2D eigenvalue weighted by Gasteiger charge is -2.25. The normalized spacial score (nSPS) is 14.8. The number of nitrogens with two attached hydrogens (primary N) is 1. The number of carbonyl (C=O) groups is 1. The van der Waals surface area contributed by atoms with Crippen LogP contribution in [0.1, 0.15) is 10.4 Å². The number of hydrogen-bond acceptors (Lipinski definition) is 5. The number of nitrogens with zero attached hydrogens (tertiary/aromatic N) is 3. The van der Waals surface area contributed by atoms with Crippen LogP contribution in [0.3, 0.4) is 0 Å². The second-order valence-corrected chi connectivity index (χ2v) is 3.11. The smallest absolute Gasteiger partial charge is 0.250 e. The third-order valence-corrected chi connectivity index (χ3v) is 2.08. The zero-order valence-electron chi connectivity index (χ0n) is 8.05. The van der Waals surface area contributed by atoms with Crippen molar-refractivity contribution in [3.63, 3.8) is 0 Å². The largest absolute Gasteiger partial charge is 0.366 e. The Hall–Kier alpha value is -2.11. The van der Waals surface area contributed by atoms with Crippen LogP contribution in [-0.4, -0.2) is 30.3 Å². The predicted octanol–water partition coefficient (Wildman–Crippen LogP) is -0.467. The summed E-state index contributed by atoms with van der Waals surface area (Å²) in [5.41, 5.74) is 9.32. The van der Waals surface area contributed by atoms with Gasteiger partial charge in [0, 0.05) is 6.20 Å². The monoisotopic (exact) mass is 205 g/mol. The highest BCUT2D eigenvalue weighted by molar-refractivity contribution is 5.93. The molecule has 2 heterocycles. The van der Waals surface area contributed by atoms with Crippen LogP contribution in [0, 0.1) is 0 Å². The van der Waals surface area contributed by atoms with Gasteiger partial charge < -0.3 is 5.73 Å². The number of nitrogens with one attached hydrogen (secondary N) is 1. The van der Waals surface area contributed by atoms with E-state index < -0.39 is 5.91 Å². The van der Waals surface area contributed by atoms with Gasteiger partial charge in [-0.05, 0) is 6.07 Å². The molecule has 0 spiro atoms. The molecule has 0 saturated carbocycles. The van der Waals surface area contributed by atoms with Gasteiger partial charge in [-0.1, -0.05) is 0 Å². The summed E-state index contributed by atoms with van der Waals surface area (Å²) in [6.45, 7) is 1.45. The molecule has 1 aromatic rings. The van der Waals surface area contributed by atoms with Gasteiger partial charge in [-0.15, -0.1) is 0 Å². The maximum Gasteiger partial charge on any atom is 0.250 e. The van der Waals surface area contributed by atoms with Crippen molar-refractivity contribution in [2.24, 2.45) is 10.7 Å². The van der Waals surface area contributed by atoms with E-state index in [0.717, 1.165) is 12.2 Å². The first-order chi connectivity index (χ1) is 7.27. The summed E-state index contributed by atoms with van der Waals surface area (Å²) in [7, 11) is 0. The zero-order chi connectivity index (χ0) is 10.7. The fraction of sp³-hybridized carbons (Fsp3) is 0.222. The zero-order valence-corrected chi connectivity index (χ0v) is 8.05. The van der Waals surface area contributed by atoms with Gasteiger partial charge in [-0.3, -0.25) is 25.2 Å². The lowest BCUT2D eigenvalue weighted by atomic mass is 10.2. The highest BCUT2D eigenvalue weighted by Gasteiger charge is 2.09. The average Bonchev–Trinajstić information content (AvgIpc) is 2.30. The summed E-state index contributed by atoms with van der Waals surface area (Å²) < 4.78 is 0. The lowest BCUT2D eigenvalue weighted by molar-refractivity contribution is 0.1000. The Morgan fingerprint density at radius 3 is 3.07 bits per heavy atom. The molecule has 0 unspecified atom stereocenters.